The quantitative estimate of drug-likeness (QED) is 0.703. The Morgan fingerprint density at radius 3 is 2.46 bits per heavy atom. The van der Waals surface area contributed by atoms with E-state index < -0.39 is 0 Å². The molecule has 13 heavy (non-hydrogen) atoms. The van der Waals surface area contributed by atoms with E-state index in [2.05, 4.69) is 11.9 Å². The van der Waals surface area contributed by atoms with Crippen LogP contribution in [0.25, 0.3) is 0 Å². The molecule has 2 heteroatoms. The second kappa shape index (κ2) is 3.58. The molecule has 0 aromatic heterocycles. The zero-order valence-electron chi connectivity index (χ0n) is 8.76. The summed E-state index contributed by atoms with van der Waals surface area (Å²) in [4.78, 5) is 2.53. The van der Waals surface area contributed by atoms with Gasteiger partial charge >= 0.3 is 0 Å². The number of rotatable bonds is 2. The van der Waals surface area contributed by atoms with E-state index in [1.165, 1.54) is 45.1 Å². The molecule has 0 spiro atoms. The van der Waals surface area contributed by atoms with Gasteiger partial charge in [-0.3, -0.25) is 4.90 Å². The van der Waals surface area contributed by atoms with Gasteiger partial charge in [-0.15, -0.1) is 0 Å². The summed E-state index contributed by atoms with van der Waals surface area (Å²) >= 11 is 0. The molecule has 0 amide bonds. The summed E-state index contributed by atoms with van der Waals surface area (Å²) in [6.07, 6.45) is 8.39. The Morgan fingerprint density at radius 2 is 2.00 bits per heavy atom. The minimum absolute atomic E-state index is 0.385. The maximum Gasteiger partial charge on any atom is 0.0357 e. The van der Waals surface area contributed by atoms with E-state index in [9.17, 15) is 0 Å². The molecule has 0 radical (unpaired) electrons. The molecule has 1 unspecified atom stereocenters. The van der Waals surface area contributed by atoms with E-state index in [0.717, 1.165) is 12.5 Å². The Bertz CT molecular complexity index is 175. The van der Waals surface area contributed by atoms with Crippen LogP contribution in [0.15, 0.2) is 0 Å². The molecule has 2 aliphatic rings. The number of likely N-dealkylation sites (tertiary alicyclic amines) is 1. The molecular weight excluding hydrogens is 160 g/mol. The second-order valence-electron chi connectivity index (χ2n) is 4.81. The third-order valence-electron chi connectivity index (χ3n) is 4.33. The third-order valence-corrected chi connectivity index (χ3v) is 4.33. The lowest BCUT2D eigenvalue weighted by molar-refractivity contribution is 0.107. The van der Waals surface area contributed by atoms with Crippen molar-refractivity contribution < 1.29 is 0 Å². The number of hydrogen-bond acceptors (Lipinski definition) is 2. The smallest absolute Gasteiger partial charge is 0.0357 e. The Labute approximate surface area is 81.5 Å². The molecule has 1 heterocycles. The molecular formula is C11H22N2. The predicted molar refractivity (Wildman–Crippen MR) is 55.6 cm³/mol. The lowest BCUT2D eigenvalue weighted by atomic mass is 9.80. The first-order valence-electron chi connectivity index (χ1n) is 5.71. The Hall–Kier alpha value is -0.0800. The summed E-state index contributed by atoms with van der Waals surface area (Å²) in [6, 6.07) is 0. The van der Waals surface area contributed by atoms with Crippen molar-refractivity contribution in [2.75, 3.05) is 20.1 Å². The average Bonchev–Trinajstić information content (AvgIpc) is 2.73. The molecule has 2 N–H and O–H groups in total. The van der Waals surface area contributed by atoms with Crippen molar-refractivity contribution in [3.63, 3.8) is 0 Å². The highest BCUT2D eigenvalue weighted by atomic mass is 15.2. The van der Waals surface area contributed by atoms with Crippen molar-refractivity contribution >= 4 is 0 Å². The van der Waals surface area contributed by atoms with Crippen molar-refractivity contribution in [3.8, 4) is 0 Å². The van der Waals surface area contributed by atoms with Crippen LogP contribution < -0.4 is 5.73 Å². The first-order chi connectivity index (χ1) is 6.29. The van der Waals surface area contributed by atoms with Gasteiger partial charge in [0.1, 0.15) is 0 Å². The molecule has 0 aromatic carbocycles. The zero-order valence-corrected chi connectivity index (χ0v) is 8.76. The third kappa shape index (κ3) is 1.40. The van der Waals surface area contributed by atoms with Crippen molar-refractivity contribution in [3.05, 3.63) is 0 Å². The summed E-state index contributed by atoms with van der Waals surface area (Å²) < 4.78 is 0. The van der Waals surface area contributed by atoms with Gasteiger partial charge in [-0.2, -0.15) is 0 Å². The topological polar surface area (TPSA) is 29.3 Å². The van der Waals surface area contributed by atoms with Gasteiger partial charge in [-0.1, -0.05) is 12.8 Å². The minimum Gasteiger partial charge on any atom is -0.329 e. The molecule has 1 aliphatic heterocycles. The molecule has 1 atom stereocenters. The largest absolute Gasteiger partial charge is 0.329 e. The highest BCUT2D eigenvalue weighted by Crippen LogP contribution is 2.42. The van der Waals surface area contributed by atoms with E-state index in [0.29, 0.717) is 5.54 Å². The van der Waals surface area contributed by atoms with Crippen molar-refractivity contribution in [1.82, 2.24) is 4.90 Å². The highest BCUT2D eigenvalue weighted by molar-refractivity contribution is 5.01. The van der Waals surface area contributed by atoms with Crippen molar-refractivity contribution in [2.45, 2.75) is 44.1 Å². The molecule has 0 aromatic rings. The van der Waals surface area contributed by atoms with Crippen molar-refractivity contribution in [2.24, 2.45) is 11.7 Å². The monoisotopic (exact) mass is 182 g/mol. The molecule has 0 bridgehead atoms. The first kappa shape index (κ1) is 9.47. The summed E-state index contributed by atoms with van der Waals surface area (Å²) in [5, 5.41) is 0. The predicted octanol–water partition coefficient (Wildman–Crippen LogP) is 1.60. The van der Waals surface area contributed by atoms with Crippen LogP contribution in [-0.4, -0.2) is 30.6 Å². The SMILES string of the molecule is CN1CCCC1(CN)C1CCCC1. The number of hydrogen-bond donors (Lipinski definition) is 1. The molecule has 76 valence electrons. The fraction of sp³-hybridized carbons (Fsp3) is 1.00. The normalized spacial score (nSPS) is 37.4. The second-order valence-corrected chi connectivity index (χ2v) is 4.81. The fourth-order valence-corrected chi connectivity index (χ4v) is 3.44. The van der Waals surface area contributed by atoms with Gasteiger partial charge in [0.15, 0.2) is 0 Å². The lowest BCUT2D eigenvalue weighted by Gasteiger charge is -2.40. The van der Waals surface area contributed by atoms with Crippen LogP contribution in [0.5, 0.6) is 0 Å². The molecule has 2 fully saturated rings. The molecule has 1 saturated carbocycles. The van der Waals surface area contributed by atoms with Gasteiger partial charge in [-0.05, 0) is 45.2 Å². The van der Waals surface area contributed by atoms with Crippen LogP contribution >= 0.6 is 0 Å². The van der Waals surface area contributed by atoms with E-state index in [1.54, 1.807) is 0 Å². The highest BCUT2D eigenvalue weighted by Gasteiger charge is 2.44. The maximum atomic E-state index is 6.00. The summed E-state index contributed by atoms with van der Waals surface area (Å²) in [5.41, 5.74) is 6.38. The van der Waals surface area contributed by atoms with Crippen LogP contribution in [0.4, 0.5) is 0 Å². The van der Waals surface area contributed by atoms with Crippen LogP contribution in [0.1, 0.15) is 38.5 Å². The fourth-order valence-electron chi connectivity index (χ4n) is 3.44. The van der Waals surface area contributed by atoms with Crippen LogP contribution in [0, 0.1) is 5.92 Å². The Balaban J connectivity index is 2.13. The van der Waals surface area contributed by atoms with Gasteiger partial charge in [-0.25, -0.2) is 0 Å². The van der Waals surface area contributed by atoms with Crippen LogP contribution in [0.3, 0.4) is 0 Å². The number of likely N-dealkylation sites (N-methyl/N-ethyl adjacent to an activating group) is 1. The number of nitrogens with two attached hydrogens (primary N) is 1. The van der Waals surface area contributed by atoms with Gasteiger partial charge in [0.2, 0.25) is 0 Å². The van der Waals surface area contributed by atoms with Crippen LogP contribution in [0.2, 0.25) is 0 Å². The summed E-state index contributed by atoms with van der Waals surface area (Å²) in [5.74, 6) is 0.894. The number of nitrogens with zero attached hydrogens (tertiary/aromatic N) is 1. The Morgan fingerprint density at radius 1 is 1.31 bits per heavy atom. The standard InChI is InChI=1S/C11H22N2/c1-13-8-4-7-11(13,9-12)10-5-2-3-6-10/h10H,2-9,12H2,1H3. The van der Waals surface area contributed by atoms with E-state index >= 15 is 0 Å². The van der Waals surface area contributed by atoms with Gasteiger partial charge in [0.05, 0.1) is 0 Å². The molecule has 1 aliphatic carbocycles. The average molecular weight is 182 g/mol. The van der Waals surface area contributed by atoms with Crippen LogP contribution in [-0.2, 0) is 0 Å². The van der Waals surface area contributed by atoms with E-state index in [-0.39, 0.29) is 0 Å². The van der Waals surface area contributed by atoms with E-state index in [4.69, 9.17) is 5.73 Å². The first-order valence-corrected chi connectivity index (χ1v) is 5.71. The van der Waals surface area contributed by atoms with Gasteiger partial charge in [0, 0.05) is 12.1 Å². The Kier molecular flexibility index (Phi) is 2.61. The minimum atomic E-state index is 0.385. The van der Waals surface area contributed by atoms with Gasteiger partial charge in [0.25, 0.3) is 0 Å². The lowest BCUT2D eigenvalue weighted by Crippen LogP contribution is -2.52. The van der Waals surface area contributed by atoms with E-state index in [1.807, 2.05) is 0 Å². The van der Waals surface area contributed by atoms with Crippen molar-refractivity contribution in [1.29, 1.82) is 0 Å². The zero-order chi connectivity index (χ0) is 9.31. The molecule has 1 saturated heterocycles. The molecule has 2 nitrogen and oxygen atoms in total. The van der Waals surface area contributed by atoms with Gasteiger partial charge < -0.3 is 5.73 Å². The maximum absolute atomic E-state index is 6.00. The molecule has 2 rings (SSSR count). The summed E-state index contributed by atoms with van der Waals surface area (Å²) in [6.45, 7) is 2.13. The summed E-state index contributed by atoms with van der Waals surface area (Å²) in [7, 11) is 2.26.